The smallest absolute Gasteiger partial charge is 0.255 e. The predicted molar refractivity (Wildman–Crippen MR) is 94.5 cm³/mol. The number of hydrogen-bond donors (Lipinski definition) is 1. The highest BCUT2D eigenvalue weighted by atomic mass is 16.5. The van der Waals surface area contributed by atoms with Crippen LogP contribution < -0.4 is 19.5 Å². The molecule has 0 heterocycles. The highest BCUT2D eigenvalue weighted by molar-refractivity contribution is 6.04. The van der Waals surface area contributed by atoms with Crippen LogP contribution in [-0.2, 0) is 0 Å². The third kappa shape index (κ3) is 4.19. The third-order valence-electron chi connectivity index (χ3n) is 3.46. The maximum absolute atomic E-state index is 12.4. The molecule has 0 bridgehead atoms. The van der Waals surface area contributed by atoms with Crippen LogP contribution in [0.1, 0.15) is 29.8 Å². The van der Waals surface area contributed by atoms with Crippen molar-refractivity contribution < 1.29 is 19.0 Å². The Morgan fingerprint density at radius 1 is 0.958 bits per heavy atom. The Balaban J connectivity index is 2.16. The summed E-state index contributed by atoms with van der Waals surface area (Å²) < 4.78 is 16.3. The van der Waals surface area contributed by atoms with E-state index in [1.54, 1.807) is 31.4 Å². The molecule has 0 saturated carbocycles. The number of amides is 1. The zero-order valence-electron chi connectivity index (χ0n) is 14.5. The van der Waals surface area contributed by atoms with Gasteiger partial charge in [0.05, 0.1) is 20.3 Å². The number of anilines is 1. The maximum atomic E-state index is 12.4. The zero-order valence-corrected chi connectivity index (χ0v) is 14.5. The molecule has 0 saturated heterocycles. The lowest BCUT2D eigenvalue weighted by Gasteiger charge is -2.12. The Kier molecular flexibility index (Phi) is 6.07. The second-order valence-corrected chi connectivity index (χ2v) is 5.17. The van der Waals surface area contributed by atoms with Gasteiger partial charge in [-0.05, 0) is 56.7 Å². The van der Waals surface area contributed by atoms with Crippen molar-refractivity contribution in [2.24, 2.45) is 0 Å². The first-order valence-corrected chi connectivity index (χ1v) is 7.94. The van der Waals surface area contributed by atoms with Crippen LogP contribution in [0.25, 0.3) is 0 Å². The van der Waals surface area contributed by atoms with Crippen LogP contribution in [0.4, 0.5) is 5.69 Å². The minimum Gasteiger partial charge on any atom is -0.494 e. The van der Waals surface area contributed by atoms with E-state index in [9.17, 15) is 4.79 Å². The Labute approximate surface area is 142 Å². The number of ether oxygens (including phenoxy) is 3. The van der Waals surface area contributed by atoms with Gasteiger partial charge in [-0.3, -0.25) is 4.79 Å². The first kappa shape index (κ1) is 17.7. The molecule has 0 unspecified atom stereocenters. The van der Waals surface area contributed by atoms with E-state index in [1.807, 2.05) is 32.9 Å². The van der Waals surface area contributed by atoms with Gasteiger partial charge in [-0.15, -0.1) is 0 Å². The molecule has 0 fully saturated rings. The molecule has 0 radical (unpaired) electrons. The number of nitrogens with one attached hydrogen (secondary N) is 1. The van der Waals surface area contributed by atoms with E-state index < -0.39 is 0 Å². The summed E-state index contributed by atoms with van der Waals surface area (Å²) in [4.78, 5) is 12.4. The monoisotopic (exact) mass is 329 g/mol. The van der Waals surface area contributed by atoms with E-state index in [1.165, 1.54) is 0 Å². The SMILES string of the molecule is CCOc1ccc(C(=O)Nc2ccc(OCC)c(OC)c2)cc1C. The third-order valence-corrected chi connectivity index (χ3v) is 3.46. The van der Waals surface area contributed by atoms with E-state index in [0.29, 0.717) is 36.0 Å². The Morgan fingerprint density at radius 2 is 1.62 bits per heavy atom. The lowest BCUT2D eigenvalue weighted by atomic mass is 10.1. The average molecular weight is 329 g/mol. The summed E-state index contributed by atoms with van der Waals surface area (Å²) in [5.74, 6) is 1.83. The van der Waals surface area contributed by atoms with Gasteiger partial charge in [0.1, 0.15) is 5.75 Å². The van der Waals surface area contributed by atoms with Gasteiger partial charge in [-0.2, -0.15) is 0 Å². The van der Waals surface area contributed by atoms with Gasteiger partial charge >= 0.3 is 0 Å². The van der Waals surface area contributed by atoms with Gasteiger partial charge in [0, 0.05) is 17.3 Å². The Hall–Kier alpha value is -2.69. The molecule has 24 heavy (non-hydrogen) atoms. The molecule has 0 aliphatic heterocycles. The molecular formula is C19H23NO4. The highest BCUT2D eigenvalue weighted by Crippen LogP contribution is 2.30. The van der Waals surface area contributed by atoms with Crippen LogP contribution in [0.15, 0.2) is 36.4 Å². The minimum absolute atomic E-state index is 0.188. The first-order chi connectivity index (χ1) is 11.6. The molecule has 5 heteroatoms. The van der Waals surface area contributed by atoms with Gasteiger partial charge < -0.3 is 19.5 Å². The molecule has 2 rings (SSSR count). The topological polar surface area (TPSA) is 56.8 Å². The average Bonchev–Trinajstić information content (AvgIpc) is 2.58. The normalized spacial score (nSPS) is 10.2. The van der Waals surface area contributed by atoms with Crippen LogP contribution in [0.5, 0.6) is 17.2 Å². The van der Waals surface area contributed by atoms with E-state index >= 15 is 0 Å². The van der Waals surface area contributed by atoms with Gasteiger partial charge in [0.15, 0.2) is 11.5 Å². The number of methoxy groups -OCH3 is 1. The summed E-state index contributed by atoms with van der Waals surface area (Å²) in [6, 6.07) is 10.7. The van der Waals surface area contributed by atoms with Crippen molar-refractivity contribution in [2.45, 2.75) is 20.8 Å². The summed E-state index contributed by atoms with van der Waals surface area (Å²) in [7, 11) is 1.57. The molecule has 128 valence electrons. The number of rotatable bonds is 7. The standard InChI is InChI=1S/C19H23NO4/c1-5-23-16-9-7-14(11-13(16)3)19(21)20-15-8-10-17(24-6-2)18(12-15)22-4/h7-12H,5-6H2,1-4H3,(H,20,21). The van der Waals surface area contributed by atoms with Crippen LogP contribution in [0.2, 0.25) is 0 Å². The van der Waals surface area contributed by atoms with Crippen LogP contribution in [0, 0.1) is 6.92 Å². The summed E-state index contributed by atoms with van der Waals surface area (Å²) in [6.45, 7) is 6.90. The van der Waals surface area contributed by atoms with E-state index in [4.69, 9.17) is 14.2 Å². The van der Waals surface area contributed by atoms with Gasteiger partial charge in [-0.25, -0.2) is 0 Å². The predicted octanol–water partition coefficient (Wildman–Crippen LogP) is 4.05. The fourth-order valence-corrected chi connectivity index (χ4v) is 2.33. The molecular weight excluding hydrogens is 306 g/mol. The molecule has 0 aliphatic rings. The first-order valence-electron chi connectivity index (χ1n) is 7.94. The van der Waals surface area contributed by atoms with E-state index in [2.05, 4.69) is 5.32 Å². The molecule has 1 amide bonds. The fraction of sp³-hybridized carbons (Fsp3) is 0.316. The summed E-state index contributed by atoms with van der Waals surface area (Å²) in [5.41, 5.74) is 2.14. The summed E-state index contributed by atoms with van der Waals surface area (Å²) >= 11 is 0. The molecule has 0 atom stereocenters. The van der Waals surface area contributed by atoms with E-state index in [-0.39, 0.29) is 5.91 Å². The summed E-state index contributed by atoms with van der Waals surface area (Å²) in [5, 5.41) is 2.87. The molecule has 1 N–H and O–H groups in total. The molecule has 0 aromatic heterocycles. The van der Waals surface area contributed by atoms with Gasteiger partial charge in [0.25, 0.3) is 5.91 Å². The summed E-state index contributed by atoms with van der Waals surface area (Å²) in [6.07, 6.45) is 0. The maximum Gasteiger partial charge on any atom is 0.255 e. The van der Waals surface area contributed by atoms with Gasteiger partial charge in [-0.1, -0.05) is 0 Å². The zero-order chi connectivity index (χ0) is 17.5. The Morgan fingerprint density at radius 3 is 2.25 bits per heavy atom. The lowest BCUT2D eigenvalue weighted by Crippen LogP contribution is -2.12. The Bertz CT molecular complexity index is 713. The van der Waals surface area contributed by atoms with Crippen molar-refractivity contribution in [2.75, 3.05) is 25.6 Å². The van der Waals surface area contributed by atoms with Crippen LogP contribution in [0.3, 0.4) is 0 Å². The van der Waals surface area contributed by atoms with Crippen molar-refractivity contribution in [3.63, 3.8) is 0 Å². The lowest BCUT2D eigenvalue weighted by molar-refractivity contribution is 0.102. The van der Waals surface area contributed by atoms with Gasteiger partial charge in [0.2, 0.25) is 0 Å². The second kappa shape index (κ2) is 8.24. The highest BCUT2D eigenvalue weighted by Gasteiger charge is 2.11. The number of carbonyl (C=O) groups excluding carboxylic acids is 1. The molecule has 5 nitrogen and oxygen atoms in total. The van der Waals surface area contributed by atoms with Crippen LogP contribution >= 0.6 is 0 Å². The number of benzene rings is 2. The molecule has 0 spiro atoms. The van der Waals surface area contributed by atoms with Crippen molar-refractivity contribution >= 4 is 11.6 Å². The molecule has 0 aliphatic carbocycles. The van der Waals surface area contributed by atoms with Crippen molar-refractivity contribution in [1.82, 2.24) is 0 Å². The quantitative estimate of drug-likeness (QED) is 0.832. The van der Waals surface area contributed by atoms with Crippen molar-refractivity contribution in [3.05, 3.63) is 47.5 Å². The minimum atomic E-state index is -0.188. The van der Waals surface area contributed by atoms with Crippen LogP contribution in [-0.4, -0.2) is 26.2 Å². The van der Waals surface area contributed by atoms with E-state index in [0.717, 1.165) is 11.3 Å². The second-order valence-electron chi connectivity index (χ2n) is 5.17. The number of carbonyl (C=O) groups is 1. The largest absolute Gasteiger partial charge is 0.494 e. The van der Waals surface area contributed by atoms with Crippen molar-refractivity contribution in [1.29, 1.82) is 0 Å². The fourth-order valence-electron chi connectivity index (χ4n) is 2.33. The number of hydrogen-bond acceptors (Lipinski definition) is 4. The molecule has 2 aromatic carbocycles. The number of aryl methyl sites for hydroxylation is 1. The van der Waals surface area contributed by atoms with Crippen molar-refractivity contribution in [3.8, 4) is 17.2 Å². The molecule has 2 aromatic rings.